The minimum Gasteiger partial charge on any atom is -0.448 e. The van der Waals surface area contributed by atoms with Crippen LogP contribution in [0.15, 0.2) is 40.1 Å². The Morgan fingerprint density at radius 3 is 2.70 bits per heavy atom. The fraction of sp³-hybridized carbons (Fsp3) is 0.375. The summed E-state index contributed by atoms with van der Waals surface area (Å²) in [6.07, 6.45) is 4.44. The first-order chi connectivity index (χ1) is 11.0. The first-order valence-electron chi connectivity index (χ1n) is 7.42. The van der Waals surface area contributed by atoms with Gasteiger partial charge in [0.2, 0.25) is 10.0 Å². The van der Waals surface area contributed by atoms with Crippen molar-refractivity contribution < 1.29 is 12.8 Å². The van der Waals surface area contributed by atoms with Crippen LogP contribution in [0.4, 0.5) is 0 Å². The SMILES string of the molecule is Cc1cccc(S(=O)(=O)N2CCC(c3cnco3)CC2)c1C#N. The number of oxazole rings is 1. The fourth-order valence-electron chi connectivity index (χ4n) is 2.95. The largest absolute Gasteiger partial charge is 0.448 e. The maximum absolute atomic E-state index is 12.9. The zero-order valence-electron chi connectivity index (χ0n) is 12.8. The van der Waals surface area contributed by atoms with E-state index in [1.165, 1.54) is 16.8 Å². The van der Waals surface area contributed by atoms with E-state index >= 15 is 0 Å². The summed E-state index contributed by atoms with van der Waals surface area (Å²) in [5.74, 6) is 0.993. The average Bonchev–Trinajstić information content (AvgIpc) is 3.09. The topological polar surface area (TPSA) is 87.2 Å². The van der Waals surface area contributed by atoms with Gasteiger partial charge in [-0.25, -0.2) is 13.4 Å². The van der Waals surface area contributed by atoms with Crippen LogP contribution in [0.25, 0.3) is 0 Å². The van der Waals surface area contributed by atoms with Crippen molar-refractivity contribution in [1.82, 2.24) is 9.29 Å². The molecule has 0 amide bonds. The summed E-state index contributed by atoms with van der Waals surface area (Å²) in [6, 6.07) is 6.93. The highest BCUT2D eigenvalue weighted by atomic mass is 32.2. The van der Waals surface area contributed by atoms with Gasteiger partial charge >= 0.3 is 0 Å². The molecule has 1 aromatic carbocycles. The van der Waals surface area contributed by atoms with Crippen molar-refractivity contribution in [3.63, 3.8) is 0 Å². The van der Waals surface area contributed by atoms with Crippen LogP contribution in [-0.4, -0.2) is 30.8 Å². The minimum absolute atomic E-state index is 0.0955. The van der Waals surface area contributed by atoms with Gasteiger partial charge in [0.1, 0.15) is 16.7 Å². The van der Waals surface area contributed by atoms with Crippen molar-refractivity contribution in [2.75, 3.05) is 13.1 Å². The van der Waals surface area contributed by atoms with Crippen LogP contribution in [0.5, 0.6) is 0 Å². The number of hydrogen-bond donors (Lipinski definition) is 0. The van der Waals surface area contributed by atoms with Crippen LogP contribution < -0.4 is 0 Å². The summed E-state index contributed by atoms with van der Waals surface area (Å²) in [5.41, 5.74) is 0.898. The lowest BCUT2D eigenvalue weighted by Gasteiger charge is -2.30. The van der Waals surface area contributed by atoms with Gasteiger partial charge in [-0.1, -0.05) is 12.1 Å². The molecule has 3 rings (SSSR count). The van der Waals surface area contributed by atoms with Gasteiger partial charge < -0.3 is 4.42 Å². The number of aryl methyl sites for hydroxylation is 1. The van der Waals surface area contributed by atoms with E-state index in [1.54, 1.807) is 25.3 Å². The second-order valence-corrected chi connectivity index (χ2v) is 7.55. The molecule has 1 aliphatic rings. The molecule has 0 atom stereocenters. The molecule has 0 bridgehead atoms. The van der Waals surface area contributed by atoms with Crippen LogP contribution in [0.3, 0.4) is 0 Å². The Kier molecular flexibility index (Phi) is 4.20. The second-order valence-electron chi connectivity index (χ2n) is 5.64. The van der Waals surface area contributed by atoms with Crippen LogP contribution in [0.1, 0.15) is 35.6 Å². The van der Waals surface area contributed by atoms with Gasteiger partial charge in [-0.2, -0.15) is 9.57 Å². The van der Waals surface area contributed by atoms with E-state index in [1.807, 2.05) is 6.07 Å². The quantitative estimate of drug-likeness (QED) is 0.862. The molecule has 7 heteroatoms. The number of piperidine rings is 1. The molecule has 1 aromatic heterocycles. The predicted molar refractivity (Wildman–Crippen MR) is 83.1 cm³/mol. The van der Waals surface area contributed by atoms with E-state index in [-0.39, 0.29) is 16.4 Å². The number of aromatic nitrogens is 1. The number of nitrogens with zero attached hydrogens (tertiary/aromatic N) is 3. The lowest BCUT2D eigenvalue weighted by molar-refractivity contribution is 0.295. The molecule has 0 N–H and O–H groups in total. The summed E-state index contributed by atoms with van der Waals surface area (Å²) >= 11 is 0. The summed E-state index contributed by atoms with van der Waals surface area (Å²) in [4.78, 5) is 4.01. The molecule has 6 nitrogen and oxygen atoms in total. The fourth-order valence-corrected chi connectivity index (χ4v) is 4.63. The minimum atomic E-state index is -3.65. The van der Waals surface area contributed by atoms with E-state index in [0.717, 1.165) is 5.76 Å². The van der Waals surface area contributed by atoms with Gasteiger partial charge in [0.05, 0.1) is 11.8 Å². The van der Waals surface area contributed by atoms with Gasteiger partial charge in [-0.05, 0) is 31.4 Å². The molecule has 1 aliphatic heterocycles. The standard InChI is InChI=1S/C16H17N3O3S/c1-12-3-2-4-16(14(12)9-17)23(20,21)19-7-5-13(6-8-19)15-10-18-11-22-15/h2-4,10-11,13H,5-8H2,1H3. The molecule has 0 aliphatic carbocycles. The number of sulfonamides is 1. The van der Waals surface area contributed by atoms with E-state index in [4.69, 9.17) is 4.42 Å². The van der Waals surface area contributed by atoms with Crippen LogP contribution in [-0.2, 0) is 10.0 Å². The lowest BCUT2D eigenvalue weighted by Crippen LogP contribution is -2.38. The average molecular weight is 331 g/mol. The second kappa shape index (κ2) is 6.14. The Bertz CT molecular complexity index is 830. The Morgan fingerprint density at radius 2 is 2.09 bits per heavy atom. The van der Waals surface area contributed by atoms with Crippen LogP contribution >= 0.6 is 0 Å². The molecule has 0 spiro atoms. The van der Waals surface area contributed by atoms with Crippen molar-refractivity contribution in [2.45, 2.75) is 30.6 Å². The molecule has 0 unspecified atom stereocenters. The molecule has 1 saturated heterocycles. The maximum Gasteiger partial charge on any atom is 0.244 e. The first kappa shape index (κ1) is 15.7. The van der Waals surface area contributed by atoms with E-state index < -0.39 is 10.0 Å². The van der Waals surface area contributed by atoms with Crippen molar-refractivity contribution in [1.29, 1.82) is 5.26 Å². The maximum atomic E-state index is 12.9. The van der Waals surface area contributed by atoms with Crippen LogP contribution in [0.2, 0.25) is 0 Å². The van der Waals surface area contributed by atoms with Gasteiger partial charge in [0.25, 0.3) is 0 Å². The zero-order valence-corrected chi connectivity index (χ0v) is 13.6. The Balaban J connectivity index is 1.83. The number of hydrogen-bond acceptors (Lipinski definition) is 5. The Hall–Kier alpha value is -2.17. The van der Waals surface area contributed by atoms with E-state index in [9.17, 15) is 13.7 Å². The number of rotatable bonds is 3. The lowest BCUT2D eigenvalue weighted by atomic mass is 9.96. The van der Waals surface area contributed by atoms with Gasteiger partial charge in [0, 0.05) is 19.0 Å². The molecular weight excluding hydrogens is 314 g/mol. The highest BCUT2D eigenvalue weighted by Crippen LogP contribution is 2.31. The zero-order chi connectivity index (χ0) is 16.4. The molecular formula is C16H17N3O3S. The molecule has 23 heavy (non-hydrogen) atoms. The van der Waals surface area contributed by atoms with Gasteiger partial charge in [0.15, 0.2) is 6.39 Å². The number of nitriles is 1. The smallest absolute Gasteiger partial charge is 0.244 e. The van der Waals surface area contributed by atoms with Crippen LogP contribution in [0, 0.1) is 18.3 Å². The monoisotopic (exact) mass is 331 g/mol. The number of benzene rings is 1. The van der Waals surface area contributed by atoms with Gasteiger partial charge in [-0.15, -0.1) is 0 Å². The van der Waals surface area contributed by atoms with Gasteiger partial charge in [-0.3, -0.25) is 0 Å². The molecule has 0 radical (unpaired) electrons. The molecule has 1 fully saturated rings. The normalized spacial score (nSPS) is 17.0. The molecule has 120 valence electrons. The Labute approximate surface area is 135 Å². The van der Waals surface area contributed by atoms with Crippen molar-refractivity contribution in [3.8, 4) is 6.07 Å². The third-order valence-electron chi connectivity index (χ3n) is 4.27. The molecule has 0 saturated carbocycles. The van der Waals surface area contributed by atoms with E-state index in [0.29, 0.717) is 31.5 Å². The van der Waals surface area contributed by atoms with Crippen molar-refractivity contribution in [2.24, 2.45) is 0 Å². The van der Waals surface area contributed by atoms with Crippen molar-refractivity contribution >= 4 is 10.0 Å². The summed E-state index contributed by atoms with van der Waals surface area (Å²) in [6.45, 7) is 2.56. The summed E-state index contributed by atoms with van der Waals surface area (Å²) in [5, 5.41) is 9.28. The van der Waals surface area contributed by atoms with Crippen molar-refractivity contribution in [3.05, 3.63) is 47.7 Å². The highest BCUT2D eigenvalue weighted by molar-refractivity contribution is 7.89. The molecule has 2 heterocycles. The highest BCUT2D eigenvalue weighted by Gasteiger charge is 2.32. The third-order valence-corrected chi connectivity index (χ3v) is 6.21. The molecule has 2 aromatic rings. The Morgan fingerprint density at radius 1 is 1.35 bits per heavy atom. The summed E-state index contributed by atoms with van der Waals surface area (Å²) < 4.78 is 32.5. The third kappa shape index (κ3) is 2.87. The predicted octanol–water partition coefficient (Wildman–Crippen LogP) is 2.42. The summed E-state index contributed by atoms with van der Waals surface area (Å²) in [7, 11) is -3.65. The first-order valence-corrected chi connectivity index (χ1v) is 8.86. The van der Waals surface area contributed by atoms with E-state index in [2.05, 4.69) is 4.98 Å².